The van der Waals surface area contributed by atoms with Gasteiger partial charge in [0.05, 0.1) is 5.69 Å². The number of halogens is 1. The van der Waals surface area contributed by atoms with Crippen LogP contribution in [-0.4, -0.2) is 13.1 Å². The van der Waals surface area contributed by atoms with Crippen LogP contribution in [0.25, 0.3) is 0 Å². The van der Waals surface area contributed by atoms with Crippen LogP contribution in [-0.2, 0) is 0 Å². The molecule has 1 saturated carbocycles. The van der Waals surface area contributed by atoms with Crippen LogP contribution in [0.5, 0.6) is 0 Å². The second-order valence-electron chi connectivity index (χ2n) is 6.22. The fourth-order valence-electron chi connectivity index (χ4n) is 3.42. The van der Waals surface area contributed by atoms with Gasteiger partial charge >= 0.3 is 0 Å². The van der Waals surface area contributed by atoms with Crippen LogP contribution < -0.4 is 4.90 Å². The van der Waals surface area contributed by atoms with Gasteiger partial charge in [-0.2, -0.15) is 0 Å². The van der Waals surface area contributed by atoms with Gasteiger partial charge in [-0.25, -0.2) is 4.39 Å². The van der Waals surface area contributed by atoms with Gasteiger partial charge in [-0.05, 0) is 36.8 Å². The monoisotopic (exact) mass is 233 g/mol. The number of hydrogen-bond donors (Lipinski definition) is 0. The minimum Gasteiger partial charge on any atom is -0.368 e. The zero-order chi connectivity index (χ0) is 12.0. The van der Waals surface area contributed by atoms with Gasteiger partial charge in [-0.3, -0.25) is 0 Å². The molecule has 0 N–H and O–H groups in total. The highest BCUT2D eigenvalue weighted by Crippen LogP contribution is 2.55. The fourth-order valence-corrected chi connectivity index (χ4v) is 3.42. The summed E-state index contributed by atoms with van der Waals surface area (Å²) in [4.78, 5) is 2.19. The molecule has 1 aliphatic heterocycles. The van der Waals surface area contributed by atoms with E-state index < -0.39 is 0 Å². The third kappa shape index (κ3) is 1.74. The van der Waals surface area contributed by atoms with E-state index in [4.69, 9.17) is 0 Å². The van der Waals surface area contributed by atoms with E-state index in [2.05, 4.69) is 18.7 Å². The Morgan fingerprint density at radius 1 is 1.24 bits per heavy atom. The number of hydrogen-bond acceptors (Lipinski definition) is 1. The first-order valence-corrected chi connectivity index (χ1v) is 6.59. The molecular formula is C15H20FN. The quantitative estimate of drug-likeness (QED) is 0.753. The zero-order valence-corrected chi connectivity index (χ0v) is 10.6. The highest BCUT2D eigenvalue weighted by atomic mass is 19.1. The Bertz CT molecular complexity index is 413. The molecule has 1 saturated heterocycles. The molecule has 0 unspecified atom stereocenters. The standard InChI is InChI=1S/C15H20FN/c1-11(2)12-7-15(8-12)9-17(10-15)14-6-4-3-5-13(14)16/h3-6,11-12H,7-10H2,1-2H3. The first kappa shape index (κ1) is 11.1. The Kier molecular flexibility index (Phi) is 2.42. The summed E-state index contributed by atoms with van der Waals surface area (Å²) in [5.41, 5.74) is 1.31. The Morgan fingerprint density at radius 2 is 1.88 bits per heavy atom. The Hall–Kier alpha value is -1.05. The van der Waals surface area contributed by atoms with Gasteiger partial charge in [-0.15, -0.1) is 0 Å². The van der Waals surface area contributed by atoms with Gasteiger partial charge < -0.3 is 4.90 Å². The van der Waals surface area contributed by atoms with Crippen molar-refractivity contribution in [3.05, 3.63) is 30.1 Å². The van der Waals surface area contributed by atoms with Crippen LogP contribution in [0.1, 0.15) is 26.7 Å². The maximum atomic E-state index is 13.6. The summed E-state index contributed by atoms with van der Waals surface area (Å²) in [6, 6.07) is 7.12. The second kappa shape index (κ2) is 3.72. The number of rotatable bonds is 2. The molecule has 1 aromatic rings. The van der Waals surface area contributed by atoms with Crippen molar-refractivity contribution in [2.24, 2.45) is 17.3 Å². The van der Waals surface area contributed by atoms with Crippen molar-refractivity contribution in [2.75, 3.05) is 18.0 Å². The minimum absolute atomic E-state index is 0.0814. The summed E-state index contributed by atoms with van der Waals surface area (Å²) < 4.78 is 13.6. The van der Waals surface area contributed by atoms with Gasteiger partial charge in [0.15, 0.2) is 0 Å². The largest absolute Gasteiger partial charge is 0.368 e. The fraction of sp³-hybridized carbons (Fsp3) is 0.600. The van der Waals surface area contributed by atoms with E-state index >= 15 is 0 Å². The highest BCUT2D eigenvalue weighted by Gasteiger charge is 2.52. The summed E-state index contributed by atoms with van der Waals surface area (Å²) in [7, 11) is 0. The molecule has 17 heavy (non-hydrogen) atoms. The molecule has 1 heterocycles. The van der Waals surface area contributed by atoms with Crippen molar-refractivity contribution in [3.8, 4) is 0 Å². The first-order chi connectivity index (χ1) is 8.10. The Morgan fingerprint density at radius 3 is 2.47 bits per heavy atom. The number of para-hydroxylation sites is 1. The van der Waals surface area contributed by atoms with Gasteiger partial charge in [0, 0.05) is 18.5 Å². The molecule has 3 rings (SSSR count). The molecule has 0 radical (unpaired) electrons. The van der Waals surface area contributed by atoms with Crippen LogP contribution in [0.4, 0.5) is 10.1 Å². The molecule has 0 amide bonds. The predicted octanol–water partition coefficient (Wildman–Crippen LogP) is 3.70. The molecule has 0 aromatic heterocycles. The lowest BCUT2D eigenvalue weighted by Crippen LogP contribution is -2.63. The highest BCUT2D eigenvalue weighted by molar-refractivity contribution is 5.51. The van der Waals surface area contributed by atoms with E-state index in [1.54, 1.807) is 12.1 Å². The smallest absolute Gasteiger partial charge is 0.146 e. The van der Waals surface area contributed by atoms with Crippen molar-refractivity contribution >= 4 is 5.69 Å². The van der Waals surface area contributed by atoms with Gasteiger partial charge in [0.1, 0.15) is 5.82 Å². The van der Waals surface area contributed by atoms with E-state index in [-0.39, 0.29) is 5.82 Å². The van der Waals surface area contributed by atoms with Crippen molar-refractivity contribution in [1.29, 1.82) is 0 Å². The molecule has 2 fully saturated rings. The van der Waals surface area contributed by atoms with E-state index in [9.17, 15) is 4.39 Å². The molecule has 92 valence electrons. The van der Waals surface area contributed by atoms with E-state index in [1.165, 1.54) is 12.8 Å². The Balaban J connectivity index is 1.61. The zero-order valence-electron chi connectivity index (χ0n) is 10.6. The first-order valence-electron chi connectivity index (χ1n) is 6.59. The normalized spacial score (nSPS) is 22.7. The van der Waals surface area contributed by atoms with Crippen LogP contribution in [0.2, 0.25) is 0 Å². The minimum atomic E-state index is -0.0814. The predicted molar refractivity (Wildman–Crippen MR) is 68.6 cm³/mol. The molecule has 0 atom stereocenters. The Labute approximate surface area is 103 Å². The lowest BCUT2D eigenvalue weighted by molar-refractivity contribution is -0.000868. The second-order valence-corrected chi connectivity index (χ2v) is 6.22. The van der Waals surface area contributed by atoms with Crippen LogP contribution >= 0.6 is 0 Å². The number of anilines is 1. The van der Waals surface area contributed by atoms with E-state index in [1.807, 2.05) is 12.1 Å². The summed E-state index contributed by atoms with van der Waals surface area (Å²) in [6.45, 7) is 6.73. The van der Waals surface area contributed by atoms with Gasteiger partial charge in [0.2, 0.25) is 0 Å². The third-order valence-electron chi connectivity index (χ3n) is 4.58. The molecule has 0 bridgehead atoms. The molecule has 2 heteroatoms. The lowest BCUT2D eigenvalue weighted by Gasteiger charge is -2.61. The van der Waals surface area contributed by atoms with Crippen molar-refractivity contribution in [2.45, 2.75) is 26.7 Å². The topological polar surface area (TPSA) is 3.24 Å². The van der Waals surface area contributed by atoms with Crippen LogP contribution in [0.15, 0.2) is 24.3 Å². The molecule has 1 aromatic carbocycles. The van der Waals surface area contributed by atoms with Gasteiger partial charge in [0.25, 0.3) is 0 Å². The van der Waals surface area contributed by atoms with Crippen molar-refractivity contribution in [3.63, 3.8) is 0 Å². The van der Waals surface area contributed by atoms with E-state index in [0.29, 0.717) is 5.41 Å². The van der Waals surface area contributed by atoms with Gasteiger partial charge in [-0.1, -0.05) is 26.0 Å². The lowest BCUT2D eigenvalue weighted by atomic mass is 9.55. The van der Waals surface area contributed by atoms with Crippen molar-refractivity contribution in [1.82, 2.24) is 0 Å². The summed E-state index contributed by atoms with van der Waals surface area (Å²) in [5.74, 6) is 1.63. The SMILES string of the molecule is CC(C)C1CC2(C1)CN(c1ccccc1F)C2. The average Bonchev–Trinajstić information content (AvgIpc) is 2.15. The van der Waals surface area contributed by atoms with E-state index in [0.717, 1.165) is 30.6 Å². The summed E-state index contributed by atoms with van der Waals surface area (Å²) >= 11 is 0. The maximum absolute atomic E-state index is 13.6. The number of nitrogens with zero attached hydrogens (tertiary/aromatic N) is 1. The molecule has 1 nitrogen and oxygen atoms in total. The summed E-state index contributed by atoms with van der Waals surface area (Å²) in [5, 5.41) is 0. The number of benzene rings is 1. The van der Waals surface area contributed by atoms with Crippen molar-refractivity contribution < 1.29 is 4.39 Å². The molecule has 1 spiro atoms. The molecular weight excluding hydrogens is 213 g/mol. The van der Waals surface area contributed by atoms with Crippen LogP contribution in [0, 0.1) is 23.1 Å². The molecule has 1 aliphatic carbocycles. The average molecular weight is 233 g/mol. The summed E-state index contributed by atoms with van der Waals surface area (Å²) in [6.07, 6.45) is 2.69. The molecule has 2 aliphatic rings. The maximum Gasteiger partial charge on any atom is 0.146 e. The third-order valence-corrected chi connectivity index (χ3v) is 4.58. The van der Waals surface area contributed by atoms with Crippen LogP contribution in [0.3, 0.4) is 0 Å².